The lowest BCUT2D eigenvalue weighted by Crippen LogP contribution is -3.15. The minimum Gasteiger partial charge on any atom is -0.493 e. The third-order valence-electron chi connectivity index (χ3n) is 5.58. The Hall–Kier alpha value is -2.86. The van der Waals surface area contributed by atoms with Crippen LogP contribution >= 0.6 is 0 Å². The smallest absolute Gasteiger partial charge is 0.279 e. The highest BCUT2D eigenvalue weighted by molar-refractivity contribution is 5.95. The summed E-state index contributed by atoms with van der Waals surface area (Å²) in [4.78, 5) is 28.5. The van der Waals surface area contributed by atoms with Crippen LogP contribution in [0.3, 0.4) is 0 Å². The average Bonchev–Trinajstić information content (AvgIpc) is 2.75. The summed E-state index contributed by atoms with van der Waals surface area (Å²) in [7, 11) is 0. The standard InChI is InChI=1S/C25H33N3O3/c1-18(2)17-31-22-10-6-9-21(15-22)25(30)28-13-11-27(12-14-28)16-23(29)26-24-19(3)7-5-8-20(24)4/h5-10,15,18H,11-14,16-17H2,1-4H3,(H,26,29)/p+1. The number of aryl methyl sites for hydroxylation is 2. The van der Waals surface area contributed by atoms with E-state index in [0.29, 0.717) is 37.7 Å². The Morgan fingerprint density at radius 3 is 2.35 bits per heavy atom. The second-order valence-electron chi connectivity index (χ2n) is 8.77. The molecular formula is C25H34N3O3+. The predicted molar refractivity (Wildman–Crippen MR) is 123 cm³/mol. The highest BCUT2D eigenvalue weighted by atomic mass is 16.5. The predicted octanol–water partition coefficient (Wildman–Crippen LogP) is 2.32. The van der Waals surface area contributed by atoms with Crippen molar-refractivity contribution >= 4 is 17.5 Å². The van der Waals surface area contributed by atoms with Gasteiger partial charge in [-0.3, -0.25) is 9.59 Å². The third kappa shape index (κ3) is 6.31. The average molecular weight is 425 g/mol. The quantitative estimate of drug-likeness (QED) is 0.717. The fraction of sp³-hybridized carbons (Fsp3) is 0.440. The summed E-state index contributed by atoms with van der Waals surface area (Å²) < 4.78 is 5.75. The number of nitrogens with zero attached hydrogens (tertiary/aromatic N) is 1. The van der Waals surface area contributed by atoms with Gasteiger partial charge in [-0.2, -0.15) is 0 Å². The van der Waals surface area contributed by atoms with Crippen LogP contribution < -0.4 is 15.0 Å². The molecule has 1 heterocycles. The first-order chi connectivity index (χ1) is 14.8. The van der Waals surface area contributed by atoms with E-state index in [4.69, 9.17) is 4.74 Å². The lowest BCUT2D eigenvalue weighted by Gasteiger charge is -2.32. The van der Waals surface area contributed by atoms with E-state index < -0.39 is 0 Å². The molecule has 0 saturated carbocycles. The number of carbonyl (C=O) groups is 2. The zero-order valence-corrected chi connectivity index (χ0v) is 19.0. The molecule has 3 rings (SSSR count). The van der Waals surface area contributed by atoms with E-state index in [1.807, 2.05) is 61.2 Å². The fourth-order valence-electron chi connectivity index (χ4n) is 3.79. The minimum atomic E-state index is 0.0159. The molecule has 0 aliphatic carbocycles. The van der Waals surface area contributed by atoms with Crippen LogP contribution in [-0.4, -0.2) is 56.0 Å². The molecule has 1 aliphatic heterocycles. The largest absolute Gasteiger partial charge is 0.493 e. The summed E-state index contributed by atoms with van der Waals surface area (Å²) in [5, 5.41) is 3.06. The molecule has 0 radical (unpaired) electrons. The highest BCUT2D eigenvalue weighted by Gasteiger charge is 2.26. The van der Waals surface area contributed by atoms with Gasteiger partial charge in [0.1, 0.15) is 5.75 Å². The number of quaternary nitrogens is 1. The van der Waals surface area contributed by atoms with Crippen molar-refractivity contribution in [3.63, 3.8) is 0 Å². The number of piperazine rings is 1. The van der Waals surface area contributed by atoms with Crippen LogP contribution in [0.25, 0.3) is 0 Å². The molecule has 6 heteroatoms. The minimum absolute atomic E-state index is 0.0159. The second kappa shape index (κ2) is 10.4. The number of ether oxygens (including phenoxy) is 1. The molecule has 1 fully saturated rings. The van der Waals surface area contributed by atoms with Gasteiger partial charge >= 0.3 is 0 Å². The number of anilines is 1. The number of nitrogens with one attached hydrogen (secondary N) is 2. The van der Waals surface area contributed by atoms with E-state index in [-0.39, 0.29) is 11.8 Å². The van der Waals surface area contributed by atoms with E-state index in [9.17, 15) is 9.59 Å². The van der Waals surface area contributed by atoms with Gasteiger partial charge in [0.15, 0.2) is 6.54 Å². The number of hydrogen-bond donors (Lipinski definition) is 2. The van der Waals surface area contributed by atoms with Crippen molar-refractivity contribution in [1.82, 2.24) is 4.90 Å². The number of hydrogen-bond acceptors (Lipinski definition) is 3. The van der Waals surface area contributed by atoms with Gasteiger partial charge in [0.25, 0.3) is 11.8 Å². The number of para-hydroxylation sites is 1. The molecule has 2 aromatic rings. The van der Waals surface area contributed by atoms with E-state index in [1.54, 1.807) is 0 Å². The maximum atomic E-state index is 12.9. The van der Waals surface area contributed by atoms with Crippen molar-refractivity contribution in [2.24, 2.45) is 5.92 Å². The van der Waals surface area contributed by atoms with Gasteiger partial charge in [-0.05, 0) is 49.1 Å². The number of carbonyl (C=O) groups excluding carboxylic acids is 2. The zero-order chi connectivity index (χ0) is 22.4. The summed E-state index contributed by atoms with van der Waals surface area (Å²) in [6.07, 6.45) is 0. The summed E-state index contributed by atoms with van der Waals surface area (Å²) in [6.45, 7) is 12.0. The molecule has 1 saturated heterocycles. The van der Waals surface area contributed by atoms with Gasteiger partial charge in [-0.15, -0.1) is 0 Å². The number of amides is 2. The SMILES string of the molecule is Cc1cccc(C)c1NC(=O)C[NH+]1CCN(C(=O)c2cccc(OCC(C)C)c2)CC1. The first-order valence-corrected chi connectivity index (χ1v) is 11.0. The summed E-state index contributed by atoms with van der Waals surface area (Å²) >= 11 is 0. The summed E-state index contributed by atoms with van der Waals surface area (Å²) in [6, 6.07) is 13.4. The van der Waals surface area contributed by atoms with Gasteiger partial charge < -0.3 is 19.9 Å². The Kier molecular flexibility index (Phi) is 7.69. The van der Waals surface area contributed by atoms with Gasteiger partial charge in [-0.1, -0.05) is 38.1 Å². The molecule has 31 heavy (non-hydrogen) atoms. The van der Waals surface area contributed by atoms with Crippen molar-refractivity contribution < 1.29 is 19.2 Å². The Morgan fingerprint density at radius 1 is 1.06 bits per heavy atom. The fourth-order valence-corrected chi connectivity index (χ4v) is 3.79. The van der Waals surface area contributed by atoms with E-state index in [1.165, 1.54) is 4.90 Å². The molecule has 0 bridgehead atoms. The first kappa shape index (κ1) is 22.8. The van der Waals surface area contributed by atoms with Gasteiger partial charge in [-0.25, -0.2) is 0 Å². The molecule has 1 aliphatic rings. The molecule has 0 spiro atoms. The molecule has 166 valence electrons. The van der Waals surface area contributed by atoms with Crippen molar-refractivity contribution in [2.75, 3.05) is 44.6 Å². The van der Waals surface area contributed by atoms with Crippen LogP contribution in [0.1, 0.15) is 35.3 Å². The van der Waals surface area contributed by atoms with Crippen LogP contribution in [0.5, 0.6) is 5.75 Å². The molecule has 0 unspecified atom stereocenters. The lowest BCUT2D eigenvalue weighted by molar-refractivity contribution is -0.895. The summed E-state index contributed by atoms with van der Waals surface area (Å²) in [5.74, 6) is 1.20. The normalized spacial score (nSPS) is 14.5. The van der Waals surface area contributed by atoms with E-state index >= 15 is 0 Å². The molecule has 6 nitrogen and oxygen atoms in total. The maximum Gasteiger partial charge on any atom is 0.279 e. The molecule has 0 aromatic heterocycles. The topological polar surface area (TPSA) is 63.1 Å². The van der Waals surface area contributed by atoms with Crippen LogP contribution in [0.15, 0.2) is 42.5 Å². The van der Waals surface area contributed by atoms with Crippen molar-refractivity contribution in [2.45, 2.75) is 27.7 Å². The van der Waals surface area contributed by atoms with Gasteiger partial charge in [0.2, 0.25) is 0 Å². The Bertz CT molecular complexity index is 898. The van der Waals surface area contributed by atoms with Gasteiger partial charge in [0, 0.05) is 11.3 Å². The first-order valence-electron chi connectivity index (χ1n) is 11.0. The van der Waals surface area contributed by atoms with Crippen LogP contribution in [-0.2, 0) is 4.79 Å². The molecule has 0 atom stereocenters. The summed E-state index contributed by atoms with van der Waals surface area (Å²) in [5.41, 5.74) is 3.69. The van der Waals surface area contributed by atoms with Crippen LogP contribution in [0.4, 0.5) is 5.69 Å². The van der Waals surface area contributed by atoms with E-state index in [2.05, 4.69) is 19.2 Å². The number of benzene rings is 2. The number of rotatable bonds is 7. The third-order valence-corrected chi connectivity index (χ3v) is 5.58. The lowest BCUT2D eigenvalue weighted by atomic mass is 10.1. The second-order valence-corrected chi connectivity index (χ2v) is 8.77. The van der Waals surface area contributed by atoms with Crippen LogP contribution in [0.2, 0.25) is 0 Å². The maximum absolute atomic E-state index is 12.9. The highest BCUT2D eigenvalue weighted by Crippen LogP contribution is 2.19. The molecule has 2 amide bonds. The zero-order valence-electron chi connectivity index (χ0n) is 19.0. The van der Waals surface area contributed by atoms with E-state index in [0.717, 1.165) is 35.7 Å². The Labute approximate surface area is 185 Å². The Morgan fingerprint density at radius 2 is 1.71 bits per heavy atom. The molecule has 2 aromatic carbocycles. The van der Waals surface area contributed by atoms with Crippen molar-refractivity contribution in [3.8, 4) is 5.75 Å². The van der Waals surface area contributed by atoms with Gasteiger partial charge in [0.05, 0.1) is 32.8 Å². The van der Waals surface area contributed by atoms with Crippen LogP contribution in [0, 0.1) is 19.8 Å². The molecular weight excluding hydrogens is 390 g/mol. The van der Waals surface area contributed by atoms with Crippen molar-refractivity contribution in [3.05, 3.63) is 59.2 Å². The Balaban J connectivity index is 1.50. The molecule has 2 N–H and O–H groups in total. The monoisotopic (exact) mass is 424 g/mol. The van der Waals surface area contributed by atoms with Crippen molar-refractivity contribution in [1.29, 1.82) is 0 Å².